The average molecular weight is 287 g/mol. The molecule has 0 unspecified atom stereocenters. The van der Waals surface area contributed by atoms with Gasteiger partial charge in [-0.05, 0) is 29.8 Å². The third-order valence-corrected chi connectivity index (χ3v) is 2.99. The predicted molar refractivity (Wildman–Crippen MR) is 83.4 cm³/mol. The van der Waals surface area contributed by atoms with Gasteiger partial charge in [0.05, 0.1) is 0 Å². The SMILES string of the molecule is O=C(NCCS)c1ccc(COc2ccccc2)cc1. The number of carbonyl (C=O) groups excluding carboxylic acids is 1. The Bertz CT molecular complexity index is 540. The van der Waals surface area contributed by atoms with Crippen molar-refractivity contribution in [1.82, 2.24) is 5.32 Å². The molecule has 0 heterocycles. The van der Waals surface area contributed by atoms with Crippen LogP contribution in [0.3, 0.4) is 0 Å². The Labute approximate surface area is 124 Å². The van der Waals surface area contributed by atoms with Gasteiger partial charge in [0.25, 0.3) is 5.91 Å². The molecule has 0 radical (unpaired) electrons. The first-order chi connectivity index (χ1) is 9.79. The largest absolute Gasteiger partial charge is 0.489 e. The van der Waals surface area contributed by atoms with Crippen molar-refractivity contribution in [3.63, 3.8) is 0 Å². The van der Waals surface area contributed by atoms with Crippen LogP contribution in [0.25, 0.3) is 0 Å². The number of ether oxygens (including phenoxy) is 1. The summed E-state index contributed by atoms with van der Waals surface area (Å²) in [7, 11) is 0. The molecule has 1 amide bonds. The molecule has 0 aliphatic carbocycles. The van der Waals surface area contributed by atoms with Gasteiger partial charge in [0.1, 0.15) is 12.4 Å². The Kier molecular flexibility index (Phi) is 5.50. The van der Waals surface area contributed by atoms with Gasteiger partial charge in [0, 0.05) is 17.9 Å². The fourth-order valence-corrected chi connectivity index (χ4v) is 1.82. The second kappa shape index (κ2) is 7.60. The lowest BCUT2D eigenvalue weighted by atomic mass is 10.1. The summed E-state index contributed by atoms with van der Waals surface area (Å²) in [4.78, 5) is 11.7. The van der Waals surface area contributed by atoms with Gasteiger partial charge in [0.15, 0.2) is 0 Å². The van der Waals surface area contributed by atoms with E-state index < -0.39 is 0 Å². The van der Waals surface area contributed by atoms with Crippen molar-refractivity contribution in [1.29, 1.82) is 0 Å². The van der Waals surface area contributed by atoms with Gasteiger partial charge >= 0.3 is 0 Å². The summed E-state index contributed by atoms with van der Waals surface area (Å²) in [6.07, 6.45) is 0. The first kappa shape index (κ1) is 14.5. The van der Waals surface area contributed by atoms with Crippen molar-refractivity contribution >= 4 is 18.5 Å². The van der Waals surface area contributed by atoms with Crippen LogP contribution in [0, 0.1) is 0 Å². The van der Waals surface area contributed by atoms with Gasteiger partial charge in [-0.2, -0.15) is 12.6 Å². The van der Waals surface area contributed by atoms with Crippen molar-refractivity contribution < 1.29 is 9.53 Å². The third-order valence-electron chi connectivity index (χ3n) is 2.76. The lowest BCUT2D eigenvalue weighted by Gasteiger charge is -2.07. The van der Waals surface area contributed by atoms with Crippen molar-refractivity contribution in [2.45, 2.75) is 6.61 Å². The Morgan fingerprint density at radius 1 is 1.05 bits per heavy atom. The van der Waals surface area contributed by atoms with Crippen LogP contribution in [0.15, 0.2) is 54.6 Å². The van der Waals surface area contributed by atoms with Gasteiger partial charge in [-0.15, -0.1) is 0 Å². The number of thiol groups is 1. The summed E-state index contributed by atoms with van der Waals surface area (Å²) in [6, 6.07) is 17.1. The summed E-state index contributed by atoms with van der Waals surface area (Å²) in [5.41, 5.74) is 1.68. The second-order valence-corrected chi connectivity index (χ2v) is 4.73. The number of carbonyl (C=O) groups is 1. The number of rotatable bonds is 6. The zero-order chi connectivity index (χ0) is 14.2. The fourth-order valence-electron chi connectivity index (χ4n) is 1.71. The van der Waals surface area contributed by atoms with Gasteiger partial charge in [-0.1, -0.05) is 30.3 Å². The molecule has 0 aliphatic rings. The molecule has 4 heteroatoms. The maximum atomic E-state index is 11.7. The minimum absolute atomic E-state index is 0.0745. The summed E-state index contributed by atoms with van der Waals surface area (Å²) < 4.78 is 5.65. The van der Waals surface area contributed by atoms with Crippen molar-refractivity contribution in [2.24, 2.45) is 0 Å². The molecule has 2 aromatic carbocycles. The van der Waals surface area contributed by atoms with E-state index in [9.17, 15) is 4.79 Å². The second-order valence-electron chi connectivity index (χ2n) is 4.28. The third kappa shape index (κ3) is 4.31. The van der Waals surface area contributed by atoms with Crippen LogP contribution in [-0.4, -0.2) is 18.2 Å². The summed E-state index contributed by atoms with van der Waals surface area (Å²) in [6.45, 7) is 1.06. The van der Waals surface area contributed by atoms with Crippen LogP contribution in [0.4, 0.5) is 0 Å². The van der Waals surface area contributed by atoms with Crippen LogP contribution < -0.4 is 10.1 Å². The van der Waals surface area contributed by atoms with Crippen LogP contribution >= 0.6 is 12.6 Å². The topological polar surface area (TPSA) is 38.3 Å². The minimum Gasteiger partial charge on any atom is -0.489 e. The molecule has 3 nitrogen and oxygen atoms in total. The molecule has 0 aliphatic heterocycles. The van der Waals surface area contributed by atoms with Crippen LogP contribution in [0.2, 0.25) is 0 Å². The number of hydrogen-bond donors (Lipinski definition) is 2. The number of para-hydroxylation sites is 1. The van der Waals surface area contributed by atoms with E-state index in [0.717, 1.165) is 11.3 Å². The quantitative estimate of drug-likeness (QED) is 0.802. The molecule has 0 atom stereocenters. The average Bonchev–Trinajstić information content (AvgIpc) is 2.52. The van der Waals surface area contributed by atoms with E-state index in [4.69, 9.17) is 4.74 Å². The minimum atomic E-state index is -0.0745. The number of amides is 1. The molecule has 20 heavy (non-hydrogen) atoms. The number of nitrogens with one attached hydrogen (secondary N) is 1. The summed E-state index contributed by atoms with van der Waals surface area (Å²) in [5.74, 6) is 1.40. The number of benzene rings is 2. The van der Waals surface area contributed by atoms with Crippen LogP contribution in [0.5, 0.6) is 5.75 Å². The normalized spacial score (nSPS) is 10.1. The summed E-state index contributed by atoms with van der Waals surface area (Å²) >= 11 is 4.06. The van der Waals surface area contributed by atoms with E-state index in [0.29, 0.717) is 24.5 Å². The Hall–Kier alpha value is -1.94. The van der Waals surface area contributed by atoms with Gasteiger partial charge in [0.2, 0.25) is 0 Å². The molecule has 1 N–H and O–H groups in total. The Balaban J connectivity index is 1.90. The predicted octanol–water partition coefficient (Wildman–Crippen LogP) is 2.93. The molecule has 0 fully saturated rings. The molecule has 0 spiro atoms. The van der Waals surface area contributed by atoms with E-state index >= 15 is 0 Å². The molecule has 2 rings (SSSR count). The van der Waals surface area contributed by atoms with Gasteiger partial charge < -0.3 is 10.1 Å². The molecule has 0 aromatic heterocycles. The van der Waals surface area contributed by atoms with E-state index in [1.165, 1.54) is 0 Å². The van der Waals surface area contributed by atoms with Crippen molar-refractivity contribution in [3.8, 4) is 5.75 Å². The molecule has 0 saturated carbocycles. The van der Waals surface area contributed by atoms with E-state index in [1.54, 1.807) is 12.1 Å². The van der Waals surface area contributed by atoms with Crippen molar-refractivity contribution in [2.75, 3.05) is 12.3 Å². The zero-order valence-electron chi connectivity index (χ0n) is 11.1. The highest BCUT2D eigenvalue weighted by atomic mass is 32.1. The highest BCUT2D eigenvalue weighted by molar-refractivity contribution is 7.80. The van der Waals surface area contributed by atoms with Gasteiger partial charge in [-0.3, -0.25) is 4.79 Å². The Morgan fingerprint density at radius 3 is 2.40 bits per heavy atom. The van der Waals surface area contributed by atoms with Crippen molar-refractivity contribution in [3.05, 3.63) is 65.7 Å². The first-order valence-corrected chi connectivity index (χ1v) is 7.08. The van der Waals surface area contributed by atoms with Crippen LogP contribution in [0.1, 0.15) is 15.9 Å². The van der Waals surface area contributed by atoms with E-state index in [-0.39, 0.29) is 5.91 Å². The lowest BCUT2D eigenvalue weighted by molar-refractivity contribution is 0.0956. The highest BCUT2D eigenvalue weighted by Gasteiger charge is 2.04. The Morgan fingerprint density at radius 2 is 1.75 bits per heavy atom. The fraction of sp³-hybridized carbons (Fsp3) is 0.188. The maximum absolute atomic E-state index is 11.7. The van der Waals surface area contributed by atoms with Crippen LogP contribution in [-0.2, 0) is 6.61 Å². The summed E-state index contributed by atoms with van der Waals surface area (Å²) in [5, 5.41) is 2.78. The van der Waals surface area contributed by atoms with Gasteiger partial charge in [-0.25, -0.2) is 0 Å². The molecule has 104 valence electrons. The highest BCUT2D eigenvalue weighted by Crippen LogP contribution is 2.12. The number of hydrogen-bond acceptors (Lipinski definition) is 3. The molecule has 2 aromatic rings. The lowest BCUT2D eigenvalue weighted by Crippen LogP contribution is -2.25. The molecule has 0 saturated heterocycles. The monoisotopic (exact) mass is 287 g/mol. The standard InChI is InChI=1S/C16H17NO2S/c18-16(17-10-11-20)14-8-6-13(7-9-14)12-19-15-4-2-1-3-5-15/h1-9,20H,10-12H2,(H,17,18). The maximum Gasteiger partial charge on any atom is 0.251 e. The molecule has 0 bridgehead atoms. The smallest absolute Gasteiger partial charge is 0.251 e. The zero-order valence-corrected chi connectivity index (χ0v) is 12.0. The first-order valence-electron chi connectivity index (χ1n) is 6.45. The molecular formula is C16H17NO2S. The van der Waals surface area contributed by atoms with E-state index in [2.05, 4.69) is 17.9 Å². The van der Waals surface area contributed by atoms with E-state index in [1.807, 2.05) is 42.5 Å². The molecular weight excluding hydrogens is 270 g/mol.